The molecule has 1 amide bonds. The molecule has 0 saturated carbocycles. The number of benzene rings is 2. The van der Waals surface area contributed by atoms with Gasteiger partial charge in [0.2, 0.25) is 12.7 Å². The van der Waals surface area contributed by atoms with Crippen LogP contribution in [-0.4, -0.2) is 32.1 Å². The lowest BCUT2D eigenvalue weighted by atomic mass is 10.1. The van der Waals surface area contributed by atoms with Crippen LogP contribution >= 0.6 is 0 Å². The molecule has 1 aliphatic rings. The number of hydrogen-bond donors (Lipinski definition) is 1. The minimum absolute atomic E-state index is 0.0718. The van der Waals surface area contributed by atoms with E-state index in [1.807, 2.05) is 18.2 Å². The average molecular weight is 382 g/mol. The summed E-state index contributed by atoms with van der Waals surface area (Å²) in [6.07, 6.45) is 0.0718. The van der Waals surface area contributed by atoms with E-state index in [1.54, 1.807) is 31.4 Å². The van der Waals surface area contributed by atoms with E-state index >= 15 is 0 Å². The van der Waals surface area contributed by atoms with E-state index in [-0.39, 0.29) is 19.1 Å². The number of rotatable bonds is 6. The van der Waals surface area contributed by atoms with E-state index in [9.17, 15) is 4.79 Å². The zero-order valence-electron chi connectivity index (χ0n) is 15.4. The molecule has 0 fully saturated rings. The molecule has 0 saturated heterocycles. The van der Waals surface area contributed by atoms with Crippen LogP contribution < -0.4 is 24.3 Å². The number of ether oxygens (including phenoxy) is 4. The fraction of sp³-hybridized carbons (Fsp3) is 0.200. The highest BCUT2D eigenvalue weighted by Gasteiger charge is 2.17. The Morgan fingerprint density at radius 1 is 1.04 bits per heavy atom. The zero-order valence-corrected chi connectivity index (χ0v) is 15.4. The largest absolute Gasteiger partial charge is 0.493 e. The second-order valence-corrected chi connectivity index (χ2v) is 6.05. The van der Waals surface area contributed by atoms with Gasteiger partial charge in [-0.15, -0.1) is 0 Å². The number of carbonyl (C=O) groups excluding carboxylic acids is 1. The molecule has 28 heavy (non-hydrogen) atoms. The molecule has 0 bridgehead atoms. The highest BCUT2D eigenvalue weighted by Crippen LogP contribution is 2.36. The minimum Gasteiger partial charge on any atom is -0.493 e. The summed E-state index contributed by atoms with van der Waals surface area (Å²) in [5.74, 6) is 2.79. The molecular weight excluding hydrogens is 364 g/mol. The van der Waals surface area contributed by atoms with Crippen molar-refractivity contribution in [2.45, 2.75) is 6.42 Å². The molecule has 2 aromatic carbocycles. The molecule has 1 aliphatic heterocycles. The van der Waals surface area contributed by atoms with E-state index in [1.165, 1.54) is 7.11 Å². The Labute approximate surface area is 160 Å². The van der Waals surface area contributed by atoms with Crippen LogP contribution in [0, 0.1) is 0 Å². The summed E-state index contributed by atoms with van der Waals surface area (Å²) in [6.45, 7) is 0.205. The Bertz CT molecular complexity index is 1010. The van der Waals surface area contributed by atoms with Crippen LogP contribution in [0.25, 0.3) is 11.3 Å². The van der Waals surface area contributed by atoms with Crippen LogP contribution in [0.2, 0.25) is 0 Å². The fourth-order valence-electron chi connectivity index (χ4n) is 2.86. The third-order valence-electron chi connectivity index (χ3n) is 4.23. The Morgan fingerprint density at radius 3 is 2.68 bits per heavy atom. The lowest BCUT2D eigenvalue weighted by molar-refractivity contribution is -0.115. The molecule has 0 aliphatic carbocycles. The molecule has 0 atom stereocenters. The summed E-state index contributed by atoms with van der Waals surface area (Å²) in [5, 5.41) is 6.78. The summed E-state index contributed by atoms with van der Waals surface area (Å²) in [6, 6.07) is 12.4. The quantitative estimate of drug-likeness (QED) is 0.699. The predicted molar refractivity (Wildman–Crippen MR) is 99.9 cm³/mol. The molecule has 144 valence electrons. The van der Waals surface area contributed by atoms with Gasteiger partial charge in [-0.25, -0.2) is 0 Å². The van der Waals surface area contributed by atoms with E-state index in [0.717, 1.165) is 5.56 Å². The van der Waals surface area contributed by atoms with Gasteiger partial charge in [0.25, 0.3) is 0 Å². The minimum atomic E-state index is -0.224. The topological polar surface area (TPSA) is 92.1 Å². The molecular formula is C20H18N2O6. The van der Waals surface area contributed by atoms with Gasteiger partial charge in [0.05, 0.1) is 26.3 Å². The summed E-state index contributed by atoms with van der Waals surface area (Å²) < 4.78 is 26.5. The Kier molecular flexibility index (Phi) is 4.76. The van der Waals surface area contributed by atoms with Crippen LogP contribution in [-0.2, 0) is 11.2 Å². The van der Waals surface area contributed by atoms with Crippen molar-refractivity contribution in [3.8, 4) is 34.3 Å². The van der Waals surface area contributed by atoms with Gasteiger partial charge in [0.1, 0.15) is 0 Å². The second kappa shape index (κ2) is 7.51. The number of nitrogens with one attached hydrogen (secondary N) is 1. The van der Waals surface area contributed by atoms with Gasteiger partial charge < -0.3 is 28.8 Å². The van der Waals surface area contributed by atoms with E-state index in [0.29, 0.717) is 40.1 Å². The zero-order chi connectivity index (χ0) is 19.5. The monoisotopic (exact) mass is 382 g/mol. The van der Waals surface area contributed by atoms with Crippen molar-refractivity contribution in [2.75, 3.05) is 26.3 Å². The van der Waals surface area contributed by atoms with Crippen LogP contribution in [0.5, 0.6) is 23.0 Å². The van der Waals surface area contributed by atoms with Crippen molar-refractivity contribution in [2.24, 2.45) is 0 Å². The summed E-state index contributed by atoms with van der Waals surface area (Å²) in [7, 11) is 3.09. The lowest BCUT2D eigenvalue weighted by Crippen LogP contribution is -2.14. The highest BCUT2D eigenvalue weighted by atomic mass is 16.7. The van der Waals surface area contributed by atoms with Gasteiger partial charge in [0, 0.05) is 23.4 Å². The van der Waals surface area contributed by atoms with Crippen LogP contribution in [0.4, 0.5) is 5.69 Å². The van der Waals surface area contributed by atoms with Crippen LogP contribution in [0.3, 0.4) is 0 Å². The second-order valence-electron chi connectivity index (χ2n) is 6.05. The summed E-state index contributed by atoms with van der Waals surface area (Å²) >= 11 is 0. The number of carbonyl (C=O) groups is 1. The molecule has 1 N–H and O–H groups in total. The average Bonchev–Trinajstić information content (AvgIpc) is 3.36. The molecule has 3 aromatic rings. The molecule has 0 spiro atoms. The van der Waals surface area contributed by atoms with Crippen molar-refractivity contribution in [3.63, 3.8) is 0 Å². The first kappa shape index (κ1) is 17.7. The van der Waals surface area contributed by atoms with Gasteiger partial charge >= 0.3 is 0 Å². The Hall–Kier alpha value is -3.68. The number of amides is 1. The number of anilines is 1. The molecule has 8 heteroatoms. The van der Waals surface area contributed by atoms with Crippen molar-refractivity contribution >= 4 is 11.6 Å². The van der Waals surface area contributed by atoms with Crippen molar-refractivity contribution in [1.29, 1.82) is 0 Å². The van der Waals surface area contributed by atoms with Crippen LogP contribution in [0.15, 0.2) is 47.0 Å². The number of aromatic nitrogens is 1. The third kappa shape index (κ3) is 3.57. The first-order chi connectivity index (χ1) is 13.7. The standard InChI is InChI=1S/C20H18N2O6/c1-24-15-6-4-13(8-18(15)25-2)21-20(23)10-14-9-17(28-22-14)12-3-5-16-19(7-12)27-11-26-16/h3-9H,10-11H2,1-2H3,(H,21,23). The van der Waals surface area contributed by atoms with E-state index in [2.05, 4.69) is 10.5 Å². The number of hydrogen-bond acceptors (Lipinski definition) is 7. The third-order valence-corrected chi connectivity index (χ3v) is 4.23. The molecule has 1 aromatic heterocycles. The summed E-state index contributed by atoms with van der Waals surface area (Å²) in [5.41, 5.74) is 1.91. The molecule has 0 unspecified atom stereocenters. The first-order valence-corrected chi connectivity index (χ1v) is 8.54. The normalized spacial score (nSPS) is 11.9. The fourth-order valence-corrected chi connectivity index (χ4v) is 2.86. The van der Waals surface area contributed by atoms with Gasteiger partial charge in [-0.1, -0.05) is 5.16 Å². The van der Waals surface area contributed by atoms with E-state index in [4.69, 9.17) is 23.5 Å². The van der Waals surface area contributed by atoms with Crippen LogP contribution in [0.1, 0.15) is 5.69 Å². The lowest BCUT2D eigenvalue weighted by Gasteiger charge is -2.10. The number of methoxy groups -OCH3 is 2. The maximum absolute atomic E-state index is 12.3. The van der Waals surface area contributed by atoms with Crippen molar-refractivity contribution in [3.05, 3.63) is 48.2 Å². The van der Waals surface area contributed by atoms with Crippen molar-refractivity contribution < 1.29 is 28.3 Å². The van der Waals surface area contributed by atoms with E-state index < -0.39 is 0 Å². The maximum atomic E-state index is 12.3. The van der Waals surface area contributed by atoms with Gasteiger partial charge in [0.15, 0.2) is 28.8 Å². The molecule has 0 radical (unpaired) electrons. The van der Waals surface area contributed by atoms with Crippen molar-refractivity contribution in [1.82, 2.24) is 5.16 Å². The predicted octanol–water partition coefficient (Wildman–Crippen LogP) is 3.27. The number of fused-ring (bicyclic) bond motifs is 1. The SMILES string of the molecule is COc1ccc(NC(=O)Cc2cc(-c3ccc4c(c3)OCO4)on2)cc1OC. The first-order valence-electron chi connectivity index (χ1n) is 8.54. The van der Waals surface area contributed by atoms with Gasteiger partial charge in [-0.05, 0) is 30.3 Å². The molecule has 4 rings (SSSR count). The summed E-state index contributed by atoms with van der Waals surface area (Å²) in [4.78, 5) is 12.3. The Balaban J connectivity index is 1.43. The maximum Gasteiger partial charge on any atom is 0.231 e. The Morgan fingerprint density at radius 2 is 1.86 bits per heavy atom. The molecule has 8 nitrogen and oxygen atoms in total. The highest BCUT2D eigenvalue weighted by molar-refractivity contribution is 5.92. The molecule has 2 heterocycles. The van der Waals surface area contributed by atoms with Gasteiger partial charge in [-0.3, -0.25) is 4.79 Å². The van der Waals surface area contributed by atoms with Gasteiger partial charge in [-0.2, -0.15) is 0 Å². The smallest absolute Gasteiger partial charge is 0.231 e. The number of nitrogens with zero attached hydrogens (tertiary/aromatic N) is 1.